The average Bonchev–Trinajstić information content (AvgIpc) is 2.25. The molecule has 1 aromatic carbocycles. The van der Waals surface area contributed by atoms with E-state index in [9.17, 15) is 4.79 Å². The number of carbonyl (C=O) groups is 1. The first-order chi connectivity index (χ1) is 8.00. The van der Waals surface area contributed by atoms with E-state index in [1.54, 1.807) is 0 Å². The molecule has 1 rings (SSSR count). The summed E-state index contributed by atoms with van der Waals surface area (Å²) in [6.07, 6.45) is 2.13. The van der Waals surface area contributed by atoms with Crippen LogP contribution in [-0.2, 0) is 6.42 Å². The molecule has 0 heterocycles. The Morgan fingerprint density at radius 2 is 1.82 bits per heavy atom. The average molecular weight is 250 g/mol. The number of carbonyl (C=O) groups excluding carboxylic acids is 1. The number of hydrogen-bond acceptors (Lipinski definition) is 2. The molecule has 94 valence electrons. The zero-order valence-corrected chi connectivity index (χ0v) is 12.0. The fourth-order valence-electron chi connectivity index (χ4n) is 1.66. The molecule has 1 nitrogen and oxygen atoms in total. The second kappa shape index (κ2) is 6.85. The Morgan fingerprint density at radius 3 is 2.41 bits per heavy atom. The predicted octanol–water partition coefficient (Wildman–Crippen LogP) is 4.56. The van der Waals surface area contributed by atoms with E-state index in [4.69, 9.17) is 0 Å². The number of thioether (sulfide) groups is 1. The van der Waals surface area contributed by atoms with Crippen molar-refractivity contribution in [1.82, 2.24) is 0 Å². The van der Waals surface area contributed by atoms with E-state index < -0.39 is 0 Å². The molecule has 0 N–H and O–H groups in total. The fraction of sp³-hybridized carbons (Fsp3) is 0.533. The molecule has 0 amide bonds. The lowest BCUT2D eigenvalue weighted by atomic mass is 9.99. The van der Waals surface area contributed by atoms with Gasteiger partial charge in [0.15, 0.2) is 0 Å². The van der Waals surface area contributed by atoms with Crippen LogP contribution in [0.4, 0.5) is 0 Å². The highest BCUT2D eigenvalue weighted by molar-refractivity contribution is 8.14. The molecule has 1 aromatic rings. The molecule has 0 saturated carbocycles. The molecule has 2 heteroatoms. The molecular weight excluding hydrogens is 228 g/mol. The van der Waals surface area contributed by atoms with Crippen LogP contribution in [0.25, 0.3) is 0 Å². The first-order valence-electron chi connectivity index (χ1n) is 6.29. The Kier molecular flexibility index (Phi) is 5.76. The van der Waals surface area contributed by atoms with Gasteiger partial charge in [0.1, 0.15) is 0 Å². The number of benzene rings is 1. The van der Waals surface area contributed by atoms with E-state index in [-0.39, 0.29) is 5.12 Å². The van der Waals surface area contributed by atoms with E-state index in [0.717, 1.165) is 18.4 Å². The van der Waals surface area contributed by atoms with E-state index in [2.05, 4.69) is 33.8 Å². The molecule has 0 unspecified atom stereocenters. The summed E-state index contributed by atoms with van der Waals surface area (Å²) in [5.74, 6) is 0.677. The largest absolute Gasteiger partial charge is 0.282 e. The quantitative estimate of drug-likeness (QED) is 0.762. The van der Waals surface area contributed by atoms with Crippen LogP contribution in [0.1, 0.15) is 50.0 Å². The lowest BCUT2D eigenvalue weighted by Crippen LogP contribution is -2.04. The molecule has 0 atom stereocenters. The smallest absolute Gasteiger partial charge is 0.219 e. The standard InChI is InChI=1S/C15H22OS/c1-11(2)9-10-13-7-5-6-8-14(13)15(16)17-12(3)4/h5-8,11-12H,9-10H2,1-4H3. The highest BCUT2D eigenvalue weighted by Crippen LogP contribution is 2.22. The van der Waals surface area contributed by atoms with Crippen LogP contribution in [0.3, 0.4) is 0 Å². The minimum absolute atomic E-state index is 0.208. The summed E-state index contributed by atoms with van der Waals surface area (Å²) >= 11 is 1.42. The molecule has 0 aromatic heterocycles. The molecule has 0 aliphatic rings. The van der Waals surface area contributed by atoms with Crippen molar-refractivity contribution in [3.63, 3.8) is 0 Å². The van der Waals surface area contributed by atoms with Crippen LogP contribution in [0, 0.1) is 5.92 Å². The van der Waals surface area contributed by atoms with Crippen LogP contribution >= 0.6 is 11.8 Å². The van der Waals surface area contributed by atoms with Crippen LogP contribution in [-0.4, -0.2) is 10.4 Å². The third-order valence-corrected chi connectivity index (χ3v) is 3.48. The van der Waals surface area contributed by atoms with E-state index in [1.165, 1.54) is 17.3 Å². The topological polar surface area (TPSA) is 17.1 Å². The molecule has 0 spiro atoms. The van der Waals surface area contributed by atoms with Crippen molar-refractivity contribution >= 4 is 16.9 Å². The monoisotopic (exact) mass is 250 g/mol. The Labute approximate surface area is 109 Å². The zero-order chi connectivity index (χ0) is 12.8. The van der Waals surface area contributed by atoms with Crippen molar-refractivity contribution in [3.8, 4) is 0 Å². The maximum Gasteiger partial charge on any atom is 0.219 e. The van der Waals surface area contributed by atoms with Crippen LogP contribution < -0.4 is 0 Å². The number of hydrogen-bond donors (Lipinski definition) is 0. The maximum atomic E-state index is 12.1. The van der Waals surface area contributed by atoms with Gasteiger partial charge in [-0.25, -0.2) is 0 Å². The molecule has 0 bridgehead atoms. The van der Waals surface area contributed by atoms with Crippen molar-refractivity contribution < 1.29 is 4.79 Å². The van der Waals surface area contributed by atoms with Crippen molar-refractivity contribution in [3.05, 3.63) is 35.4 Å². The third kappa shape index (κ3) is 4.95. The zero-order valence-electron chi connectivity index (χ0n) is 11.2. The van der Waals surface area contributed by atoms with Crippen LogP contribution in [0.2, 0.25) is 0 Å². The van der Waals surface area contributed by atoms with Gasteiger partial charge < -0.3 is 0 Å². The SMILES string of the molecule is CC(C)CCc1ccccc1C(=O)SC(C)C. The highest BCUT2D eigenvalue weighted by Gasteiger charge is 2.13. The first-order valence-corrected chi connectivity index (χ1v) is 7.17. The van der Waals surface area contributed by atoms with Crippen LogP contribution in [0.5, 0.6) is 0 Å². The molecule has 0 saturated heterocycles. The summed E-state index contributed by atoms with van der Waals surface area (Å²) in [6.45, 7) is 8.54. The van der Waals surface area contributed by atoms with Crippen molar-refractivity contribution in [2.45, 2.75) is 45.8 Å². The van der Waals surface area contributed by atoms with Gasteiger partial charge in [0.25, 0.3) is 0 Å². The Hall–Kier alpha value is -0.760. The molecule has 0 aliphatic heterocycles. The number of rotatable bonds is 5. The summed E-state index contributed by atoms with van der Waals surface area (Å²) in [5.41, 5.74) is 2.09. The van der Waals surface area contributed by atoms with Crippen molar-refractivity contribution in [2.24, 2.45) is 5.92 Å². The van der Waals surface area contributed by atoms with Crippen molar-refractivity contribution in [1.29, 1.82) is 0 Å². The van der Waals surface area contributed by atoms with Gasteiger partial charge in [0.05, 0.1) is 0 Å². The lowest BCUT2D eigenvalue weighted by Gasteiger charge is -2.10. The van der Waals surface area contributed by atoms with Gasteiger partial charge in [-0.1, -0.05) is 63.7 Å². The van der Waals surface area contributed by atoms with Gasteiger partial charge in [-0.3, -0.25) is 4.79 Å². The summed E-state index contributed by atoms with van der Waals surface area (Å²) in [4.78, 5) is 12.1. The second-order valence-electron chi connectivity index (χ2n) is 5.04. The fourth-order valence-corrected chi connectivity index (χ4v) is 2.41. The van der Waals surface area contributed by atoms with E-state index in [0.29, 0.717) is 11.2 Å². The summed E-state index contributed by atoms with van der Waals surface area (Å²) in [6, 6.07) is 8.00. The van der Waals surface area contributed by atoms with Crippen molar-refractivity contribution in [2.75, 3.05) is 0 Å². The Bertz CT molecular complexity index is 369. The van der Waals surface area contributed by atoms with Gasteiger partial charge in [-0.2, -0.15) is 0 Å². The van der Waals surface area contributed by atoms with Gasteiger partial charge in [0.2, 0.25) is 5.12 Å². The molecule has 0 fully saturated rings. The maximum absolute atomic E-state index is 12.1. The Morgan fingerprint density at radius 1 is 1.18 bits per heavy atom. The molecule has 17 heavy (non-hydrogen) atoms. The van der Waals surface area contributed by atoms with Crippen LogP contribution in [0.15, 0.2) is 24.3 Å². The molecule has 0 aliphatic carbocycles. The van der Waals surface area contributed by atoms with E-state index >= 15 is 0 Å². The summed E-state index contributed by atoms with van der Waals surface area (Å²) in [5, 5.41) is 0.556. The summed E-state index contributed by atoms with van der Waals surface area (Å²) in [7, 11) is 0. The van der Waals surface area contributed by atoms with Gasteiger partial charge in [0, 0.05) is 10.8 Å². The minimum atomic E-state index is 0.208. The summed E-state index contributed by atoms with van der Waals surface area (Å²) < 4.78 is 0. The van der Waals surface area contributed by atoms with Gasteiger partial charge >= 0.3 is 0 Å². The third-order valence-electron chi connectivity index (χ3n) is 2.57. The minimum Gasteiger partial charge on any atom is -0.282 e. The lowest BCUT2D eigenvalue weighted by molar-refractivity contribution is 0.108. The predicted molar refractivity (Wildman–Crippen MR) is 76.7 cm³/mol. The second-order valence-corrected chi connectivity index (χ2v) is 6.59. The highest BCUT2D eigenvalue weighted by atomic mass is 32.2. The Balaban J connectivity index is 2.80. The first kappa shape index (κ1) is 14.3. The molecular formula is C15H22OS. The van der Waals surface area contributed by atoms with Gasteiger partial charge in [-0.05, 0) is 24.3 Å². The molecule has 0 radical (unpaired) electrons. The normalized spacial score (nSPS) is 11.2. The van der Waals surface area contributed by atoms with E-state index in [1.807, 2.05) is 18.2 Å². The van der Waals surface area contributed by atoms with Gasteiger partial charge in [-0.15, -0.1) is 0 Å². The number of aryl methyl sites for hydroxylation is 1.